The van der Waals surface area contributed by atoms with Crippen LogP contribution in [0.5, 0.6) is 5.75 Å². The van der Waals surface area contributed by atoms with E-state index in [1.165, 1.54) is 0 Å². The molecule has 3 heterocycles. The lowest BCUT2D eigenvalue weighted by molar-refractivity contribution is -0.254. The number of aryl methyl sites for hydroxylation is 1. The van der Waals surface area contributed by atoms with Gasteiger partial charge in [0, 0.05) is 24.2 Å². The Balaban J connectivity index is 1.48. The predicted molar refractivity (Wildman–Crippen MR) is 194 cm³/mol. The van der Waals surface area contributed by atoms with Gasteiger partial charge in [0.1, 0.15) is 28.2 Å². The molecule has 7 aromatic rings. The largest absolute Gasteiger partial charge is 0.545 e. The van der Waals surface area contributed by atoms with E-state index in [-0.39, 0.29) is 16.1 Å². The van der Waals surface area contributed by atoms with Crippen LogP contribution in [0.1, 0.15) is 47.8 Å². The Hall–Kier alpha value is -5.54. The van der Waals surface area contributed by atoms with E-state index in [1.807, 2.05) is 84.4 Å². The highest BCUT2D eigenvalue weighted by molar-refractivity contribution is 6.74. The minimum Gasteiger partial charge on any atom is -0.545 e. The van der Waals surface area contributed by atoms with Gasteiger partial charge in [-0.3, -0.25) is 4.68 Å². The van der Waals surface area contributed by atoms with E-state index in [0.29, 0.717) is 17.0 Å². The van der Waals surface area contributed by atoms with E-state index in [1.54, 1.807) is 17.1 Å². The summed E-state index contributed by atoms with van der Waals surface area (Å²) in [6.45, 7) is 11.1. The normalized spacial score (nSPS) is 12.4. The Bertz CT molecular complexity index is 2210. The molecule has 0 aliphatic heterocycles. The summed E-state index contributed by atoms with van der Waals surface area (Å²) in [5, 5.41) is 18.6. The van der Waals surface area contributed by atoms with E-state index in [2.05, 4.69) is 70.3 Å². The highest BCUT2D eigenvalue weighted by Gasteiger charge is 2.41. The summed E-state index contributed by atoms with van der Waals surface area (Å²) in [5.41, 5.74) is 4.32. The summed E-state index contributed by atoms with van der Waals surface area (Å²) >= 11 is 0. The molecule has 3 aromatic heterocycles. The van der Waals surface area contributed by atoms with Crippen LogP contribution in [0.2, 0.25) is 18.1 Å². The first-order valence-corrected chi connectivity index (χ1v) is 19.3. The third-order valence-electron chi connectivity index (χ3n) is 9.89. The summed E-state index contributed by atoms with van der Waals surface area (Å²) in [6.07, 6.45) is 3.28. The number of fused-ring (bicyclic) bond motifs is 2. The molecule has 246 valence electrons. The van der Waals surface area contributed by atoms with Crippen LogP contribution in [0.15, 0.2) is 122 Å². The number of carboxylic acids is 1. The van der Waals surface area contributed by atoms with Crippen molar-refractivity contribution >= 4 is 36.4 Å². The quantitative estimate of drug-likeness (QED) is 0.123. The van der Waals surface area contributed by atoms with Gasteiger partial charge in [-0.05, 0) is 53.0 Å². The van der Waals surface area contributed by atoms with Crippen LogP contribution in [-0.2, 0) is 12.6 Å². The number of hydrogen-bond donors (Lipinski definition) is 0. The Labute approximate surface area is 286 Å². The molecule has 0 spiro atoms. The van der Waals surface area contributed by atoms with Crippen LogP contribution in [0, 0.1) is 0 Å². The molecule has 0 radical (unpaired) electrons. The predicted octanol–water partition coefficient (Wildman–Crippen LogP) is 7.57. The number of aromatic nitrogens is 5. The molecule has 8 nitrogen and oxygen atoms in total. The Morgan fingerprint density at radius 3 is 1.88 bits per heavy atom. The third kappa shape index (κ3) is 5.30. The average Bonchev–Trinajstić information content (AvgIpc) is 3.63. The van der Waals surface area contributed by atoms with Gasteiger partial charge >= 0.3 is 0 Å². The minimum atomic E-state index is -2.11. The molecule has 0 unspecified atom stereocenters. The Morgan fingerprint density at radius 2 is 1.37 bits per heavy atom. The van der Waals surface area contributed by atoms with E-state index in [9.17, 15) is 9.90 Å². The minimum absolute atomic E-state index is 0.0269. The molecule has 0 bridgehead atoms. The first kappa shape index (κ1) is 32.0. The fourth-order valence-corrected chi connectivity index (χ4v) is 7.43. The fourth-order valence-electron chi connectivity index (χ4n) is 6.41. The summed E-state index contributed by atoms with van der Waals surface area (Å²) < 4.78 is 10.4. The fraction of sp³-hybridized carbons (Fsp3) is 0.200. The van der Waals surface area contributed by atoms with Gasteiger partial charge in [-0.15, -0.1) is 0 Å². The molecule has 0 amide bonds. The molecule has 49 heavy (non-hydrogen) atoms. The molecule has 0 fully saturated rings. The van der Waals surface area contributed by atoms with Crippen molar-refractivity contribution in [3.8, 4) is 17.1 Å². The highest BCUT2D eigenvalue weighted by atomic mass is 28.4. The number of nitrogens with zero attached hydrogens (tertiary/aromatic N) is 5. The highest BCUT2D eigenvalue weighted by Crippen LogP contribution is 2.44. The number of hydrogen-bond acceptors (Lipinski definition) is 6. The zero-order valence-electron chi connectivity index (χ0n) is 28.5. The summed E-state index contributed by atoms with van der Waals surface area (Å²) in [5.74, 6) is -0.573. The van der Waals surface area contributed by atoms with Gasteiger partial charge in [-0.2, -0.15) is 5.10 Å². The van der Waals surface area contributed by atoms with E-state index in [0.717, 1.165) is 33.3 Å². The molecule has 9 heteroatoms. The van der Waals surface area contributed by atoms with Crippen molar-refractivity contribution in [3.63, 3.8) is 0 Å². The van der Waals surface area contributed by atoms with Gasteiger partial charge in [0.05, 0.1) is 17.7 Å². The lowest BCUT2D eigenvalue weighted by Crippen LogP contribution is -2.43. The van der Waals surface area contributed by atoms with Crippen molar-refractivity contribution in [1.82, 2.24) is 24.3 Å². The standard InChI is InChI=1S/C40H39N5O3Si/c1-39(2,3)49(5,6)48-30-22-23-34-31(24-30)35(43-44(34)4)33-25-41-37-36(42-33)32(38(46)47)26-45(37)40(27-16-10-7-11-17-27,28-18-12-8-13-19-28)29-20-14-9-15-21-29/h7-26H,1-6H3,(H,46,47)/p-1. The van der Waals surface area contributed by atoms with Crippen LogP contribution < -0.4 is 9.53 Å². The van der Waals surface area contributed by atoms with Crippen LogP contribution in [-0.4, -0.2) is 38.6 Å². The SMILES string of the molecule is Cn1nc(-c2cnc3c(n2)c(C(=O)[O-])cn3C(c2ccccc2)(c2ccccc2)c2ccccc2)c2cc(O[Si](C)(C)C(C)(C)C)ccc21. The zero-order chi connectivity index (χ0) is 34.6. The number of carbonyl (C=O) groups is 1. The van der Waals surface area contributed by atoms with Crippen molar-refractivity contribution in [3.05, 3.63) is 144 Å². The van der Waals surface area contributed by atoms with Crippen LogP contribution >= 0.6 is 0 Å². The van der Waals surface area contributed by atoms with Crippen molar-refractivity contribution in [1.29, 1.82) is 0 Å². The van der Waals surface area contributed by atoms with Gasteiger partial charge in [-0.25, -0.2) is 9.97 Å². The van der Waals surface area contributed by atoms with Gasteiger partial charge in [-0.1, -0.05) is 112 Å². The van der Waals surface area contributed by atoms with Crippen LogP contribution in [0.25, 0.3) is 33.5 Å². The lowest BCUT2D eigenvalue weighted by Gasteiger charge is -2.38. The first-order chi connectivity index (χ1) is 23.4. The van der Waals surface area contributed by atoms with E-state index < -0.39 is 19.8 Å². The van der Waals surface area contributed by atoms with E-state index in [4.69, 9.17) is 19.5 Å². The molecule has 0 saturated heterocycles. The third-order valence-corrected chi connectivity index (χ3v) is 14.3. The van der Waals surface area contributed by atoms with E-state index >= 15 is 0 Å². The maximum Gasteiger partial charge on any atom is 0.250 e. The number of carboxylic acid groups (broad SMARTS) is 1. The molecule has 0 aliphatic rings. The monoisotopic (exact) mass is 664 g/mol. The smallest absolute Gasteiger partial charge is 0.250 e. The number of benzene rings is 4. The van der Waals surface area contributed by atoms with Crippen LogP contribution in [0.4, 0.5) is 0 Å². The van der Waals surface area contributed by atoms with Gasteiger partial charge in [0.15, 0.2) is 5.65 Å². The molecular weight excluding hydrogens is 627 g/mol. The second-order valence-corrected chi connectivity index (χ2v) is 18.7. The molecule has 0 atom stereocenters. The Kier molecular flexibility index (Phi) is 7.75. The maximum absolute atomic E-state index is 12.9. The number of carbonyl (C=O) groups excluding carboxylic acids is 1. The van der Waals surface area contributed by atoms with Crippen molar-refractivity contribution in [2.45, 2.75) is 44.4 Å². The van der Waals surface area contributed by atoms with Crippen molar-refractivity contribution in [2.75, 3.05) is 0 Å². The van der Waals surface area contributed by atoms with Crippen LogP contribution in [0.3, 0.4) is 0 Å². The molecule has 4 aromatic carbocycles. The zero-order valence-corrected chi connectivity index (χ0v) is 29.5. The number of aromatic carboxylic acids is 1. The molecular formula is C40H38N5O3Si-. The summed E-state index contributed by atoms with van der Waals surface area (Å²) in [6, 6.07) is 36.1. The summed E-state index contributed by atoms with van der Waals surface area (Å²) in [7, 11) is -0.231. The Morgan fingerprint density at radius 1 is 0.816 bits per heavy atom. The van der Waals surface area contributed by atoms with Crippen molar-refractivity contribution in [2.24, 2.45) is 7.05 Å². The lowest BCUT2D eigenvalue weighted by atomic mass is 9.76. The first-order valence-electron chi connectivity index (χ1n) is 16.3. The summed E-state index contributed by atoms with van der Waals surface area (Å²) in [4.78, 5) is 22.8. The number of rotatable bonds is 8. The van der Waals surface area contributed by atoms with Gasteiger partial charge in [0.2, 0.25) is 8.32 Å². The van der Waals surface area contributed by atoms with Gasteiger partial charge in [0.25, 0.3) is 0 Å². The molecule has 7 rings (SSSR count). The second-order valence-electron chi connectivity index (χ2n) is 13.9. The average molecular weight is 665 g/mol. The van der Waals surface area contributed by atoms with Gasteiger partial charge < -0.3 is 18.9 Å². The maximum atomic E-state index is 12.9. The van der Waals surface area contributed by atoms with Crippen molar-refractivity contribution < 1.29 is 14.3 Å². The second kappa shape index (κ2) is 11.9. The molecule has 0 saturated carbocycles. The molecule has 0 N–H and O–H groups in total. The molecule has 0 aliphatic carbocycles. The topological polar surface area (TPSA) is 97.9 Å².